The molecule has 0 bridgehead atoms. The van der Waals surface area contributed by atoms with Gasteiger partial charge in [-0.1, -0.05) is 290 Å². The average molecular weight is 1050 g/mol. The van der Waals surface area contributed by atoms with Crippen LogP contribution in [0.15, 0.2) is 273 Å². The first-order valence-corrected chi connectivity index (χ1v) is 29.3. The van der Waals surface area contributed by atoms with Crippen LogP contribution in [-0.4, -0.2) is 0 Å². The summed E-state index contributed by atoms with van der Waals surface area (Å²) in [4.78, 5) is 0. The van der Waals surface area contributed by atoms with Gasteiger partial charge in [-0.3, -0.25) is 0 Å². The molecule has 0 amide bonds. The van der Waals surface area contributed by atoms with Crippen molar-refractivity contribution in [3.8, 4) is 33.4 Å². The highest BCUT2D eigenvalue weighted by Crippen LogP contribution is 2.60. The van der Waals surface area contributed by atoms with Crippen LogP contribution in [0, 0.1) is 34.6 Å². The molecule has 0 fully saturated rings. The maximum Gasteiger partial charge on any atom is 0.0716 e. The van der Waals surface area contributed by atoms with Crippen LogP contribution in [0.3, 0.4) is 0 Å². The zero-order chi connectivity index (χ0) is 55.3. The van der Waals surface area contributed by atoms with E-state index in [2.05, 4.69) is 308 Å². The number of rotatable bonds is 10. The van der Waals surface area contributed by atoms with E-state index >= 15 is 0 Å². The third-order valence-corrected chi connectivity index (χ3v) is 19.1. The molecule has 3 aliphatic rings. The highest BCUT2D eigenvalue weighted by molar-refractivity contribution is 5.91. The third-order valence-electron chi connectivity index (χ3n) is 19.1. The lowest BCUT2D eigenvalue weighted by Crippen LogP contribution is -2.30. The molecule has 15 rings (SSSR count). The number of hydrogen-bond donors (Lipinski definition) is 0. The van der Waals surface area contributed by atoms with Gasteiger partial charge in [-0.2, -0.15) is 0 Å². The molecule has 0 saturated heterocycles. The lowest BCUT2D eigenvalue weighted by Gasteiger charge is -2.36. The molecule has 0 N–H and O–H groups in total. The van der Waals surface area contributed by atoms with Crippen molar-refractivity contribution < 1.29 is 0 Å². The molecule has 12 aromatic carbocycles. The molecule has 0 radical (unpaired) electrons. The van der Waals surface area contributed by atoms with E-state index in [1.807, 2.05) is 0 Å². The van der Waals surface area contributed by atoms with Gasteiger partial charge < -0.3 is 0 Å². The molecule has 0 heteroatoms. The SMILES string of the molecule is Cc1ccc(C2(c3ccc(Cc4cc(C)c5c(c4)-c4ccccc4C5(c4ccc(C)cc4)c4ccc(C)c(Cc5cccc6c5-c5ccccc5C6(c5ccccc5)c5ccccc5)c4)cc3)c3ccccc3-c3ccc(C)cc32)cc1. The summed E-state index contributed by atoms with van der Waals surface area (Å²) < 4.78 is 0. The smallest absolute Gasteiger partial charge is 0.0622 e. The van der Waals surface area contributed by atoms with Gasteiger partial charge in [0.05, 0.1) is 16.2 Å². The summed E-state index contributed by atoms with van der Waals surface area (Å²) in [7, 11) is 0. The minimum atomic E-state index is -0.552. The first-order chi connectivity index (χ1) is 40.2. The fourth-order valence-electron chi connectivity index (χ4n) is 15.5. The quantitative estimate of drug-likeness (QED) is 0.128. The van der Waals surface area contributed by atoms with Crippen molar-refractivity contribution in [2.45, 2.75) is 63.7 Å². The highest BCUT2D eigenvalue weighted by Gasteiger charge is 2.50. The van der Waals surface area contributed by atoms with Gasteiger partial charge in [0.2, 0.25) is 0 Å². The first-order valence-electron chi connectivity index (χ1n) is 29.3. The minimum Gasteiger partial charge on any atom is -0.0622 e. The van der Waals surface area contributed by atoms with Crippen molar-refractivity contribution in [1.82, 2.24) is 0 Å². The van der Waals surface area contributed by atoms with Gasteiger partial charge in [-0.05, 0) is 181 Å². The average Bonchev–Trinajstić information content (AvgIpc) is 1.73. The maximum absolute atomic E-state index is 2.57. The van der Waals surface area contributed by atoms with Crippen LogP contribution in [0.25, 0.3) is 33.4 Å². The Hall–Kier alpha value is -9.36. The van der Waals surface area contributed by atoms with E-state index in [-0.39, 0.29) is 0 Å². The first kappa shape index (κ1) is 49.7. The number of benzene rings is 12. The van der Waals surface area contributed by atoms with Crippen LogP contribution in [0.2, 0.25) is 0 Å². The number of hydrogen-bond acceptors (Lipinski definition) is 0. The summed E-state index contributed by atoms with van der Waals surface area (Å²) in [6, 6.07) is 105. The summed E-state index contributed by atoms with van der Waals surface area (Å²) in [5, 5.41) is 0. The van der Waals surface area contributed by atoms with Gasteiger partial charge in [0, 0.05) is 0 Å². The monoisotopic (exact) mass is 1050 g/mol. The molecule has 82 heavy (non-hydrogen) atoms. The highest BCUT2D eigenvalue weighted by atomic mass is 14.5. The number of aryl methyl sites for hydroxylation is 5. The van der Waals surface area contributed by atoms with Crippen molar-refractivity contribution in [3.63, 3.8) is 0 Å². The molecular weight excluding hydrogens is 985 g/mol. The van der Waals surface area contributed by atoms with Gasteiger partial charge in [0.1, 0.15) is 0 Å². The second-order valence-electron chi connectivity index (χ2n) is 23.8. The molecule has 3 aliphatic carbocycles. The van der Waals surface area contributed by atoms with Crippen LogP contribution in [0.4, 0.5) is 0 Å². The summed E-state index contributed by atoms with van der Waals surface area (Å²) >= 11 is 0. The summed E-state index contributed by atoms with van der Waals surface area (Å²) in [5.74, 6) is 0. The molecule has 0 aliphatic heterocycles. The zero-order valence-corrected chi connectivity index (χ0v) is 47.4. The van der Waals surface area contributed by atoms with Crippen LogP contribution in [0.1, 0.15) is 117 Å². The Morgan fingerprint density at radius 2 is 0.707 bits per heavy atom. The van der Waals surface area contributed by atoms with Crippen molar-refractivity contribution in [2.24, 2.45) is 0 Å². The summed E-state index contributed by atoms with van der Waals surface area (Å²) in [5.41, 5.74) is 34.1. The second-order valence-corrected chi connectivity index (χ2v) is 23.8. The van der Waals surface area contributed by atoms with E-state index in [9.17, 15) is 0 Å². The molecule has 392 valence electrons. The van der Waals surface area contributed by atoms with Gasteiger partial charge in [0.15, 0.2) is 0 Å². The Balaban J connectivity index is 0.850. The fourth-order valence-corrected chi connectivity index (χ4v) is 15.5. The van der Waals surface area contributed by atoms with Crippen LogP contribution < -0.4 is 0 Å². The Morgan fingerprint density at radius 1 is 0.244 bits per heavy atom. The Kier molecular flexibility index (Phi) is 11.6. The van der Waals surface area contributed by atoms with E-state index < -0.39 is 16.2 Å². The lowest BCUT2D eigenvalue weighted by atomic mass is 9.66. The van der Waals surface area contributed by atoms with Crippen LogP contribution in [-0.2, 0) is 29.1 Å². The van der Waals surface area contributed by atoms with Crippen LogP contribution >= 0.6 is 0 Å². The van der Waals surface area contributed by atoms with Gasteiger partial charge in [-0.15, -0.1) is 0 Å². The molecule has 0 heterocycles. The summed E-state index contributed by atoms with van der Waals surface area (Å²) in [6.45, 7) is 11.3. The van der Waals surface area contributed by atoms with E-state index in [4.69, 9.17) is 0 Å². The summed E-state index contributed by atoms with van der Waals surface area (Å²) in [6.07, 6.45) is 1.63. The normalized spacial score (nSPS) is 16.6. The number of fused-ring (bicyclic) bond motifs is 9. The lowest BCUT2D eigenvalue weighted by molar-refractivity contribution is 0.758. The van der Waals surface area contributed by atoms with E-state index in [1.54, 1.807) is 0 Å². The molecule has 2 atom stereocenters. The molecule has 0 nitrogen and oxygen atoms in total. The Labute approximate surface area is 484 Å². The standard InChI is InChI=1S/C82H64/c1-53-31-39-64(40-32-53)81(73-27-15-12-24-68(73)70-46-35-55(3)47-77(70)81)65-44-37-58(38-45-65)49-59-48-57(5)79-72(50-59)69-25-13-16-28-74(69)82(79,66-41-33-54(2)34-42-66)67-43-36-56(4)61(52-67)51-60-19-18-30-76-78(60)71-26-14-17-29-75(71)80(76,62-20-8-6-9-21-62)63-22-10-7-11-23-63/h6-48,50,52H,49,51H2,1-5H3. The largest absolute Gasteiger partial charge is 0.0716 e. The van der Waals surface area contributed by atoms with Crippen molar-refractivity contribution in [2.75, 3.05) is 0 Å². The van der Waals surface area contributed by atoms with Gasteiger partial charge >= 0.3 is 0 Å². The van der Waals surface area contributed by atoms with E-state index in [0.717, 1.165) is 12.8 Å². The van der Waals surface area contributed by atoms with E-state index in [0.29, 0.717) is 0 Å². The van der Waals surface area contributed by atoms with Crippen molar-refractivity contribution in [3.05, 3.63) is 390 Å². The molecule has 2 unspecified atom stereocenters. The van der Waals surface area contributed by atoms with E-state index in [1.165, 1.54) is 150 Å². The predicted octanol–water partition coefficient (Wildman–Crippen LogP) is 19.5. The Morgan fingerprint density at radius 3 is 1.34 bits per heavy atom. The van der Waals surface area contributed by atoms with Crippen molar-refractivity contribution >= 4 is 0 Å². The topological polar surface area (TPSA) is 0 Å². The second kappa shape index (κ2) is 19.1. The predicted molar refractivity (Wildman–Crippen MR) is 341 cm³/mol. The molecular formula is C82H64. The van der Waals surface area contributed by atoms with Gasteiger partial charge in [0.25, 0.3) is 0 Å². The fraction of sp³-hybridized carbons (Fsp3) is 0.122. The van der Waals surface area contributed by atoms with Crippen molar-refractivity contribution in [1.29, 1.82) is 0 Å². The van der Waals surface area contributed by atoms with Gasteiger partial charge in [-0.25, -0.2) is 0 Å². The Bertz CT molecular complexity index is 4420. The molecule has 0 spiro atoms. The molecule has 12 aromatic rings. The van der Waals surface area contributed by atoms with Crippen LogP contribution in [0.5, 0.6) is 0 Å². The minimum absolute atomic E-state index is 0.434. The maximum atomic E-state index is 2.57. The molecule has 0 saturated carbocycles. The zero-order valence-electron chi connectivity index (χ0n) is 47.4. The third kappa shape index (κ3) is 7.23. The molecule has 0 aromatic heterocycles.